The van der Waals surface area contributed by atoms with E-state index in [2.05, 4.69) is 45.4 Å². The summed E-state index contributed by atoms with van der Waals surface area (Å²) in [5.74, 6) is -2.62. The summed E-state index contributed by atoms with van der Waals surface area (Å²) in [6, 6.07) is 0. The van der Waals surface area contributed by atoms with Gasteiger partial charge in [-0.1, -0.05) is 65.2 Å². The summed E-state index contributed by atoms with van der Waals surface area (Å²) < 4.78 is 0.833. The molecule has 2 N–H and O–H groups in total. The van der Waals surface area contributed by atoms with Crippen LogP contribution in [-0.4, -0.2) is 39.9 Å². The van der Waals surface area contributed by atoms with Crippen LogP contribution in [0.1, 0.15) is 85.5 Å². The van der Waals surface area contributed by atoms with E-state index in [0.29, 0.717) is 0 Å². The third-order valence-electron chi connectivity index (χ3n) is 2.26. The summed E-state index contributed by atoms with van der Waals surface area (Å²) in [6.07, 6.45) is 10.7. The Balaban J connectivity index is -0.000000256. The number of hydrogen-bond acceptors (Lipinski definition) is 2. The van der Waals surface area contributed by atoms with Crippen LogP contribution in [0, 0.1) is 0 Å². The number of unbranched alkanes of at least 4 members (excludes halogenated alkanes) is 7. The molecule has 0 bridgehead atoms. The molecule has 0 aromatic heterocycles. The summed E-state index contributed by atoms with van der Waals surface area (Å²) in [4.78, 5) is 18.9. The van der Waals surface area contributed by atoms with Gasteiger partial charge in [0.15, 0.2) is 0 Å². The van der Waals surface area contributed by atoms with Crippen LogP contribution in [0.2, 0.25) is 4.59 Å². The molecule has 21 heavy (non-hydrogen) atoms. The van der Waals surface area contributed by atoms with E-state index in [1.807, 2.05) is 0 Å². The molecule has 0 atom stereocenters. The predicted octanol–water partition coefficient (Wildman–Crippen LogP) is 4.68. The van der Waals surface area contributed by atoms with Gasteiger partial charge in [-0.05, 0) is 0 Å². The topological polar surface area (TPSA) is 74.6 Å². The van der Waals surface area contributed by atoms with Gasteiger partial charge in [-0.2, -0.15) is 0 Å². The van der Waals surface area contributed by atoms with Crippen molar-refractivity contribution in [2.45, 2.75) is 90.1 Å². The third kappa shape index (κ3) is 54.1. The van der Waals surface area contributed by atoms with E-state index in [9.17, 15) is 9.59 Å². The Morgan fingerprint density at radius 2 is 1.05 bits per heavy atom. The molecule has 0 fully saturated rings. The van der Waals surface area contributed by atoms with E-state index in [0.717, 1.165) is 4.59 Å². The monoisotopic (exact) mass is 296 g/mol. The van der Waals surface area contributed by atoms with Crippen LogP contribution < -0.4 is 0 Å². The van der Waals surface area contributed by atoms with Crippen LogP contribution in [0.25, 0.3) is 0 Å². The van der Waals surface area contributed by atoms with Gasteiger partial charge in [0.25, 0.3) is 0 Å². The van der Waals surface area contributed by atoms with Crippen molar-refractivity contribution in [2.75, 3.05) is 0 Å². The zero-order valence-electron chi connectivity index (χ0n) is 14.7. The second-order valence-corrected chi connectivity index (χ2v) is 5.82. The normalized spacial score (nSPS) is 9.29. The summed E-state index contributed by atoms with van der Waals surface area (Å²) >= 11 is 2.17. The molecule has 0 aliphatic heterocycles. The zero-order valence-corrected chi connectivity index (χ0v) is 14.7. The fourth-order valence-corrected chi connectivity index (χ4v) is 1.34. The van der Waals surface area contributed by atoms with Crippen LogP contribution >= 0.6 is 0 Å². The van der Waals surface area contributed by atoms with Crippen molar-refractivity contribution in [1.82, 2.24) is 0 Å². The standard InChI is InChI=1S/C10H22.C3H4O4.C3H7.Li/c1-3-5-7-9-10-8-6-4-2;4-2(5)1-3(6)7;1-3-2;/h3-10H2,1-2H3;1H2,(H,4,5)(H,6,7);3H,1-2H3;. The van der Waals surface area contributed by atoms with Gasteiger partial charge < -0.3 is 10.2 Å². The van der Waals surface area contributed by atoms with Crippen molar-refractivity contribution in [3.05, 3.63) is 0 Å². The van der Waals surface area contributed by atoms with Crippen molar-refractivity contribution >= 4 is 29.7 Å². The van der Waals surface area contributed by atoms with Gasteiger partial charge in [0.05, 0.1) is 0 Å². The Kier molecular flexibility index (Phi) is 26.5. The van der Waals surface area contributed by atoms with Gasteiger partial charge in [-0.25, -0.2) is 0 Å². The van der Waals surface area contributed by atoms with Crippen LogP contribution in [-0.2, 0) is 9.59 Å². The number of hydrogen-bond donors (Lipinski definition) is 2. The summed E-state index contributed by atoms with van der Waals surface area (Å²) in [6.45, 7) is 8.87. The maximum atomic E-state index is 9.43. The molecule has 0 radical (unpaired) electrons. The molecule has 0 unspecified atom stereocenters. The van der Waals surface area contributed by atoms with E-state index >= 15 is 0 Å². The van der Waals surface area contributed by atoms with Crippen LogP contribution in [0.15, 0.2) is 0 Å². The second-order valence-electron chi connectivity index (χ2n) is 5.82. The van der Waals surface area contributed by atoms with E-state index in [1.165, 1.54) is 51.4 Å². The van der Waals surface area contributed by atoms with Gasteiger partial charge in [0.2, 0.25) is 0 Å². The van der Waals surface area contributed by atoms with Crippen molar-refractivity contribution in [2.24, 2.45) is 0 Å². The van der Waals surface area contributed by atoms with Gasteiger partial charge in [0, 0.05) is 0 Å². The molecule has 0 saturated carbocycles. The van der Waals surface area contributed by atoms with E-state index < -0.39 is 18.4 Å². The Morgan fingerprint density at radius 3 is 1.19 bits per heavy atom. The Hall–Kier alpha value is -0.463. The number of carboxylic acid groups (broad SMARTS) is 2. The molecule has 0 aliphatic rings. The summed E-state index contributed by atoms with van der Waals surface area (Å²) in [7, 11) is 0. The molecule has 0 aromatic rings. The maximum absolute atomic E-state index is 9.43. The Bertz CT molecular complexity index is 208. The molecule has 0 aromatic carbocycles. The van der Waals surface area contributed by atoms with Crippen molar-refractivity contribution in [1.29, 1.82) is 0 Å². The van der Waals surface area contributed by atoms with Gasteiger partial charge >= 0.3 is 48.1 Å². The van der Waals surface area contributed by atoms with Crippen LogP contribution in [0.4, 0.5) is 0 Å². The van der Waals surface area contributed by atoms with Crippen LogP contribution in [0.5, 0.6) is 0 Å². The quantitative estimate of drug-likeness (QED) is 0.368. The predicted molar refractivity (Wildman–Crippen MR) is 89.0 cm³/mol. The summed E-state index contributed by atoms with van der Waals surface area (Å²) in [5, 5.41) is 15.4. The first-order valence-electron chi connectivity index (χ1n) is 8.21. The molecule has 0 aliphatic carbocycles. The minimum atomic E-state index is -1.31. The van der Waals surface area contributed by atoms with Gasteiger partial charge in [-0.15, -0.1) is 0 Å². The van der Waals surface area contributed by atoms with Gasteiger partial charge in [0.1, 0.15) is 6.42 Å². The minimum absolute atomic E-state index is 0.806. The Morgan fingerprint density at radius 1 is 0.810 bits per heavy atom. The molecular formula is C16H33LiO4. The molecule has 0 spiro atoms. The fourth-order valence-electron chi connectivity index (χ4n) is 1.34. The first-order chi connectivity index (χ1) is 9.77. The molecule has 0 amide bonds. The molecule has 0 saturated heterocycles. The molecular weight excluding hydrogens is 263 g/mol. The second kappa shape index (κ2) is 21.8. The number of rotatable bonds is 9. The molecule has 5 heteroatoms. The van der Waals surface area contributed by atoms with Crippen molar-refractivity contribution < 1.29 is 19.8 Å². The number of carboxylic acids is 2. The van der Waals surface area contributed by atoms with E-state index in [1.54, 1.807) is 0 Å². The molecule has 4 nitrogen and oxygen atoms in total. The fraction of sp³-hybridized carbons (Fsp3) is 0.875. The zero-order chi connectivity index (χ0) is 17.1. The first-order valence-corrected chi connectivity index (χ1v) is 8.21. The molecule has 122 valence electrons. The molecule has 0 heterocycles. The number of aliphatic carboxylic acids is 2. The van der Waals surface area contributed by atoms with Crippen molar-refractivity contribution in [3.8, 4) is 0 Å². The van der Waals surface area contributed by atoms with Crippen LogP contribution in [0.3, 0.4) is 0 Å². The average molecular weight is 296 g/mol. The van der Waals surface area contributed by atoms with Crippen molar-refractivity contribution in [3.63, 3.8) is 0 Å². The van der Waals surface area contributed by atoms with E-state index in [-0.39, 0.29) is 0 Å². The first kappa shape index (κ1) is 25.5. The summed E-state index contributed by atoms with van der Waals surface area (Å²) in [5.41, 5.74) is 0. The van der Waals surface area contributed by atoms with Gasteiger partial charge in [-0.3, -0.25) is 9.59 Å². The Labute approximate surface area is 139 Å². The average Bonchev–Trinajstić information content (AvgIpc) is 2.32. The third-order valence-corrected chi connectivity index (χ3v) is 2.26. The van der Waals surface area contributed by atoms with E-state index in [4.69, 9.17) is 10.2 Å². The number of carbonyl (C=O) groups is 2. The molecule has 0 rings (SSSR count). The SMILES string of the molecule is CCCCCCCCCC.O=C(O)CC(=O)O.[Li][CH](C)C.